The average Bonchev–Trinajstić information content (AvgIpc) is 2.52. The summed E-state index contributed by atoms with van der Waals surface area (Å²) in [4.78, 5) is 25.3. The van der Waals surface area contributed by atoms with E-state index in [1.807, 2.05) is 6.92 Å². The van der Waals surface area contributed by atoms with Crippen molar-refractivity contribution in [2.24, 2.45) is 28.1 Å². The molecular formula is C22H34O4. The van der Waals surface area contributed by atoms with Gasteiger partial charge in [-0.15, -0.1) is 0 Å². The molecule has 0 aromatic heterocycles. The van der Waals surface area contributed by atoms with Crippen LogP contribution in [0.3, 0.4) is 0 Å². The smallest absolute Gasteiger partial charge is 0.312 e. The van der Waals surface area contributed by atoms with Gasteiger partial charge < -0.3 is 9.47 Å². The van der Waals surface area contributed by atoms with Gasteiger partial charge in [-0.05, 0) is 88.4 Å². The highest BCUT2D eigenvalue weighted by atomic mass is 16.6. The van der Waals surface area contributed by atoms with Gasteiger partial charge in [0.1, 0.15) is 5.60 Å². The molecule has 26 heavy (non-hydrogen) atoms. The lowest BCUT2D eigenvalue weighted by Gasteiger charge is -2.67. The molecule has 2 bridgehead atoms. The fourth-order valence-electron chi connectivity index (χ4n) is 7.91. The van der Waals surface area contributed by atoms with Crippen LogP contribution in [-0.2, 0) is 19.1 Å². The molecule has 1 saturated heterocycles. The van der Waals surface area contributed by atoms with E-state index in [1.54, 1.807) is 0 Å². The average molecular weight is 363 g/mol. The lowest BCUT2D eigenvalue weighted by atomic mass is 9.39. The first-order valence-electron chi connectivity index (χ1n) is 10.6. The Bertz CT molecular complexity index is 630. The van der Waals surface area contributed by atoms with E-state index >= 15 is 0 Å². The summed E-state index contributed by atoms with van der Waals surface area (Å²) >= 11 is 0. The molecule has 146 valence electrons. The normalized spacial score (nSPS) is 50.2. The van der Waals surface area contributed by atoms with Crippen LogP contribution in [0.4, 0.5) is 0 Å². The number of ether oxygens (including phenoxy) is 2. The summed E-state index contributed by atoms with van der Waals surface area (Å²) in [6.07, 6.45) is 8.94. The highest BCUT2D eigenvalue weighted by Crippen LogP contribution is 2.70. The molecular weight excluding hydrogens is 328 g/mol. The van der Waals surface area contributed by atoms with Crippen LogP contribution in [0.15, 0.2) is 0 Å². The van der Waals surface area contributed by atoms with Crippen molar-refractivity contribution in [2.45, 2.75) is 91.1 Å². The number of carbonyl (C=O) groups is 2. The van der Waals surface area contributed by atoms with Gasteiger partial charge in [0, 0.05) is 0 Å². The van der Waals surface area contributed by atoms with E-state index in [0.29, 0.717) is 24.9 Å². The predicted octanol–water partition coefficient (Wildman–Crippen LogP) is 4.65. The topological polar surface area (TPSA) is 52.6 Å². The second-order valence-corrected chi connectivity index (χ2v) is 10.3. The molecule has 0 radical (unpaired) electrons. The number of rotatable bonds is 2. The minimum Gasteiger partial charge on any atom is -0.466 e. The van der Waals surface area contributed by atoms with Gasteiger partial charge in [-0.3, -0.25) is 9.59 Å². The third kappa shape index (κ3) is 2.39. The van der Waals surface area contributed by atoms with Crippen molar-refractivity contribution in [3.63, 3.8) is 0 Å². The van der Waals surface area contributed by atoms with Crippen LogP contribution in [0.5, 0.6) is 0 Å². The number of hydrogen-bond donors (Lipinski definition) is 0. The molecule has 3 saturated carbocycles. The van der Waals surface area contributed by atoms with E-state index in [1.165, 1.54) is 6.42 Å². The summed E-state index contributed by atoms with van der Waals surface area (Å²) in [5.74, 6) is 0.870. The number of fused-ring (bicyclic) bond motifs is 3. The molecule has 4 aliphatic rings. The van der Waals surface area contributed by atoms with Crippen LogP contribution in [0.1, 0.15) is 85.5 Å². The van der Waals surface area contributed by atoms with E-state index in [-0.39, 0.29) is 33.8 Å². The Morgan fingerprint density at radius 1 is 1.12 bits per heavy atom. The van der Waals surface area contributed by atoms with Crippen LogP contribution in [-0.4, -0.2) is 24.1 Å². The minimum atomic E-state index is -0.374. The molecule has 4 heteroatoms. The zero-order valence-electron chi connectivity index (χ0n) is 16.9. The molecule has 3 aliphatic carbocycles. The van der Waals surface area contributed by atoms with E-state index < -0.39 is 0 Å². The second-order valence-electron chi connectivity index (χ2n) is 10.3. The molecule has 0 unspecified atom stereocenters. The standard InChI is InChI=1S/C22H34O4/c1-5-25-18(24)21(4)10-6-9-20(3)15(21)8-12-22-13-17(23)26-19(2,14-22)11-7-16(20)22/h15-16H,5-14H2,1-4H3/t15-,16-,19-,20+,21+,22-/m0/s1. The lowest BCUT2D eigenvalue weighted by Crippen LogP contribution is -2.63. The van der Waals surface area contributed by atoms with Crippen LogP contribution in [0.2, 0.25) is 0 Å². The Hall–Kier alpha value is -1.06. The van der Waals surface area contributed by atoms with Gasteiger partial charge in [-0.1, -0.05) is 13.3 Å². The van der Waals surface area contributed by atoms with Gasteiger partial charge in [0.25, 0.3) is 0 Å². The molecule has 1 spiro atoms. The van der Waals surface area contributed by atoms with Crippen molar-refractivity contribution in [3.8, 4) is 0 Å². The van der Waals surface area contributed by atoms with E-state index in [4.69, 9.17) is 9.47 Å². The van der Waals surface area contributed by atoms with E-state index in [0.717, 1.165) is 44.9 Å². The van der Waals surface area contributed by atoms with Crippen LogP contribution in [0, 0.1) is 28.1 Å². The van der Waals surface area contributed by atoms with Gasteiger partial charge in [0.05, 0.1) is 18.4 Å². The summed E-state index contributed by atoms with van der Waals surface area (Å²) in [5, 5.41) is 0. The summed E-state index contributed by atoms with van der Waals surface area (Å²) in [6.45, 7) is 9.04. The molecule has 0 aromatic rings. The largest absolute Gasteiger partial charge is 0.466 e. The van der Waals surface area contributed by atoms with E-state index in [2.05, 4.69) is 20.8 Å². The van der Waals surface area contributed by atoms with Crippen molar-refractivity contribution in [1.82, 2.24) is 0 Å². The molecule has 4 rings (SSSR count). The molecule has 6 atom stereocenters. The van der Waals surface area contributed by atoms with Gasteiger partial charge in [-0.2, -0.15) is 0 Å². The highest BCUT2D eigenvalue weighted by Gasteiger charge is 2.66. The zero-order valence-corrected chi connectivity index (χ0v) is 16.9. The minimum absolute atomic E-state index is 0.00410. The van der Waals surface area contributed by atoms with Crippen molar-refractivity contribution in [1.29, 1.82) is 0 Å². The third-order valence-corrected chi connectivity index (χ3v) is 8.73. The summed E-state index contributed by atoms with van der Waals surface area (Å²) < 4.78 is 11.3. The third-order valence-electron chi connectivity index (χ3n) is 8.73. The molecule has 1 heterocycles. The molecule has 1 aliphatic heterocycles. The Kier molecular flexibility index (Phi) is 4.03. The Morgan fingerprint density at radius 2 is 1.85 bits per heavy atom. The highest BCUT2D eigenvalue weighted by molar-refractivity contribution is 5.77. The molecule has 0 N–H and O–H groups in total. The first-order valence-corrected chi connectivity index (χ1v) is 10.6. The van der Waals surface area contributed by atoms with Crippen molar-refractivity contribution < 1.29 is 19.1 Å². The fourth-order valence-corrected chi connectivity index (χ4v) is 7.91. The number of carbonyl (C=O) groups excluding carboxylic acids is 2. The van der Waals surface area contributed by atoms with Crippen LogP contribution < -0.4 is 0 Å². The first kappa shape index (κ1) is 18.3. The van der Waals surface area contributed by atoms with Crippen molar-refractivity contribution in [2.75, 3.05) is 6.61 Å². The molecule has 0 aromatic carbocycles. The Labute approximate surface area is 157 Å². The zero-order chi connectivity index (χ0) is 18.8. The summed E-state index contributed by atoms with van der Waals surface area (Å²) in [6, 6.07) is 0. The Balaban J connectivity index is 1.71. The van der Waals surface area contributed by atoms with Crippen LogP contribution >= 0.6 is 0 Å². The molecule has 0 amide bonds. The molecule has 4 nitrogen and oxygen atoms in total. The SMILES string of the molecule is CCOC(=O)[C@]1(C)CCC[C@@]2(C)[C@@H]3CC[C@@]4(C)C[C@]3(CC[C@@H]21)CC(=O)O4. The van der Waals surface area contributed by atoms with Crippen molar-refractivity contribution >= 4 is 11.9 Å². The summed E-state index contributed by atoms with van der Waals surface area (Å²) in [5.41, 5.74) is -0.438. The maximum atomic E-state index is 12.9. The molecule has 4 fully saturated rings. The number of esters is 2. The summed E-state index contributed by atoms with van der Waals surface area (Å²) in [7, 11) is 0. The van der Waals surface area contributed by atoms with Crippen LogP contribution in [0.25, 0.3) is 0 Å². The lowest BCUT2D eigenvalue weighted by molar-refractivity contribution is -0.231. The van der Waals surface area contributed by atoms with Gasteiger partial charge in [0.15, 0.2) is 0 Å². The predicted molar refractivity (Wildman–Crippen MR) is 98.3 cm³/mol. The first-order chi connectivity index (χ1) is 12.2. The second kappa shape index (κ2) is 5.72. The Morgan fingerprint density at radius 3 is 2.58 bits per heavy atom. The van der Waals surface area contributed by atoms with Gasteiger partial charge >= 0.3 is 11.9 Å². The number of hydrogen-bond acceptors (Lipinski definition) is 4. The van der Waals surface area contributed by atoms with Crippen molar-refractivity contribution in [3.05, 3.63) is 0 Å². The van der Waals surface area contributed by atoms with Gasteiger partial charge in [0.2, 0.25) is 0 Å². The maximum absolute atomic E-state index is 12.9. The van der Waals surface area contributed by atoms with E-state index in [9.17, 15) is 9.59 Å². The quantitative estimate of drug-likeness (QED) is 0.671. The maximum Gasteiger partial charge on any atom is 0.312 e. The monoisotopic (exact) mass is 362 g/mol. The van der Waals surface area contributed by atoms with Gasteiger partial charge in [-0.25, -0.2) is 0 Å². The fraction of sp³-hybridized carbons (Fsp3) is 0.909.